The monoisotopic (exact) mass is 473 g/mol. The number of hydrogen-bond acceptors (Lipinski definition) is 4. The number of nitrogens with one attached hydrogen (secondary N) is 1. The Morgan fingerprint density at radius 1 is 1.00 bits per heavy atom. The van der Waals surface area contributed by atoms with E-state index in [1.165, 1.54) is 12.1 Å². The Morgan fingerprint density at radius 3 is 2.09 bits per heavy atom. The van der Waals surface area contributed by atoms with Crippen LogP contribution in [0.5, 0.6) is 0 Å². The summed E-state index contributed by atoms with van der Waals surface area (Å²) in [6.45, 7) is 2.23. The molecule has 3 rings (SSSR count). The fourth-order valence-corrected chi connectivity index (χ4v) is 3.67. The van der Waals surface area contributed by atoms with Crippen LogP contribution in [0.4, 0.5) is 13.2 Å². The van der Waals surface area contributed by atoms with E-state index in [4.69, 9.17) is 0 Å². The van der Waals surface area contributed by atoms with E-state index < -0.39 is 42.4 Å². The maximum atomic E-state index is 13.1. The number of amides is 4. The second-order valence-corrected chi connectivity index (χ2v) is 7.56. The Morgan fingerprint density at radius 2 is 1.56 bits per heavy atom. The van der Waals surface area contributed by atoms with Crippen LogP contribution in [0.15, 0.2) is 67.3 Å². The Kier molecular flexibility index (Phi) is 7.50. The molecule has 178 valence electrons. The third kappa shape index (κ3) is 5.33. The SMILES string of the molecule is C=CCN(CCNC(=O)C(Cc1ccccc1)N1C(=O)c2ccccc2C1=O)C(=O)C(F)(F)F. The molecule has 1 N–H and O–H groups in total. The van der Waals surface area contributed by atoms with Gasteiger partial charge in [-0.3, -0.25) is 24.1 Å². The molecule has 1 unspecified atom stereocenters. The molecule has 0 fully saturated rings. The molecule has 10 heteroatoms. The van der Waals surface area contributed by atoms with Crippen molar-refractivity contribution in [3.05, 3.63) is 83.9 Å². The second-order valence-electron chi connectivity index (χ2n) is 7.56. The van der Waals surface area contributed by atoms with E-state index in [1.54, 1.807) is 42.5 Å². The van der Waals surface area contributed by atoms with Gasteiger partial charge in [0.25, 0.3) is 11.8 Å². The summed E-state index contributed by atoms with van der Waals surface area (Å²) in [6, 6.07) is 13.7. The van der Waals surface area contributed by atoms with E-state index in [2.05, 4.69) is 11.9 Å². The normalized spacial score (nSPS) is 13.9. The van der Waals surface area contributed by atoms with Crippen LogP contribution in [0.1, 0.15) is 26.3 Å². The quantitative estimate of drug-likeness (QED) is 0.448. The van der Waals surface area contributed by atoms with Crippen LogP contribution in [0.2, 0.25) is 0 Å². The minimum Gasteiger partial charge on any atom is -0.353 e. The van der Waals surface area contributed by atoms with Crippen molar-refractivity contribution in [1.82, 2.24) is 15.1 Å². The van der Waals surface area contributed by atoms with E-state index in [0.29, 0.717) is 10.5 Å². The Labute approximate surface area is 193 Å². The first-order valence-electron chi connectivity index (χ1n) is 10.4. The van der Waals surface area contributed by atoms with Crippen molar-refractivity contribution in [2.45, 2.75) is 18.6 Å². The number of hydrogen-bond donors (Lipinski definition) is 1. The van der Waals surface area contributed by atoms with E-state index in [9.17, 15) is 32.3 Å². The van der Waals surface area contributed by atoms with Crippen LogP contribution in [-0.2, 0) is 16.0 Å². The number of benzene rings is 2. The minimum absolute atomic E-state index is 0.00992. The molecule has 0 saturated carbocycles. The van der Waals surface area contributed by atoms with E-state index in [1.807, 2.05) is 0 Å². The van der Waals surface area contributed by atoms with Crippen molar-refractivity contribution < 1.29 is 32.3 Å². The van der Waals surface area contributed by atoms with Crippen molar-refractivity contribution in [2.75, 3.05) is 19.6 Å². The van der Waals surface area contributed by atoms with Gasteiger partial charge in [0.15, 0.2) is 0 Å². The third-order valence-electron chi connectivity index (χ3n) is 5.27. The predicted molar refractivity (Wildman–Crippen MR) is 117 cm³/mol. The maximum absolute atomic E-state index is 13.1. The van der Waals surface area contributed by atoms with Gasteiger partial charge >= 0.3 is 12.1 Å². The van der Waals surface area contributed by atoms with Gasteiger partial charge in [0.05, 0.1) is 11.1 Å². The van der Waals surface area contributed by atoms with Crippen molar-refractivity contribution in [3.8, 4) is 0 Å². The highest BCUT2D eigenvalue weighted by Gasteiger charge is 2.43. The number of nitrogens with zero attached hydrogens (tertiary/aromatic N) is 2. The standard InChI is InChI=1S/C24H22F3N3O4/c1-2-13-29(23(34)24(25,26)27)14-12-28-20(31)19(15-16-8-4-3-5-9-16)30-21(32)17-10-6-7-11-18(17)22(30)33/h2-11,19H,1,12-15H2,(H,28,31). The van der Waals surface area contributed by atoms with Crippen LogP contribution < -0.4 is 5.32 Å². The molecule has 2 aromatic carbocycles. The summed E-state index contributed by atoms with van der Waals surface area (Å²) in [5, 5.41) is 2.46. The zero-order chi connectivity index (χ0) is 24.9. The summed E-state index contributed by atoms with van der Waals surface area (Å²) in [5.74, 6) is -4.03. The molecule has 0 spiro atoms. The molecule has 2 aromatic rings. The first-order valence-corrected chi connectivity index (χ1v) is 10.4. The lowest BCUT2D eigenvalue weighted by molar-refractivity contribution is -0.184. The minimum atomic E-state index is -5.07. The smallest absolute Gasteiger partial charge is 0.353 e. The van der Waals surface area contributed by atoms with Crippen molar-refractivity contribution in [2.24, 2.45) is 0 Å². The van der Waals surface area contributed by atoms with Crippen molar-refractivity contribution >= 4 is 23.6 Å². The van der Waals surface area contributed by atoms with E-state index >= 15 is 0 Å². The number of rotatable bonds is 9. The first-order chi connectivity index (χ1) is 16.1. The summed E-state index contributed by atoms with van der Waals surface area (Å²) < 4.78 is 38.4. The Bertz CT molecular complexity index is 1070. The van der Waals surface area contributed by atoms with Crippen LogP contribution in [-0.4, -0.2) is 65.3 Å². The van der Waals surface area contributed by atoms with Gasteiger partial charge in [-0.25, -0.2) is 0 Å². The summed E-state index contributed by atoms with van der Waals surface area (Å²) >= 11 is 0. The lowest BCUT2D eigenvalue weighted by atomic mass is 10.0. The molecule has 0 aliphatic carbocycles. The molecule has 1 aliphatic heterocycles. The van der Waals surface area contributed by atoms with Crippen molar-refractivity contribution in [3.63, 3.8) is 0 Å². The highest BCUT2D eigenvalue weighted by Crippen LogP contribution is 2.26. The van der Waals surface area contributed by atoms with Crippen LogP contribution in [0, 0.1) is 0 Å². The molecular formula is C24H22F3N3O4. The van der Waals surface area contributed by atoms with Crippen LogP contribution >= 0.6 is 0 Å². The predicted octanol–water partition coefficient (Wildman–Crippen LogP) is 2.59. The van der Waals surface area contributed by atoms with Crippen LogP contribution in [0.3, 0.4) is 0 Å². The zero-order valence-corrected chi connectivity index (χ0v) is 18.0. The topological polar surface area (TPSA) is 86.8 Å². The van der Waals surface area contributed by atoms with Gasteiger partial charge in [0.1, 0.15) is 6.04 Å². The highest BCUT2D eigenvalue weighted by molar-refractivity contribution is 6.22. The Balaban J connectivity index is 1.78. The number of fused-ring (bicyclic) bond motifs is 1. The van der Waals surface area contributed by atoms with Gasteiger partial charge < -0.3 is 10.2 Å². The molecule has 7 nitrogen and oxygen atoms in total. The molecule has 1 heterocycles. The van der Waals surface area contributed by atoms with Gasteiger partial charge in [0.2, 0.25) is 5.91 Å². The van der Waals surface area contributed by atoms with Gasteiger partial charge in [-0.15, -0.1) is 6.58 Å². The molecule has 1 atom stereocenters. The molecule has 34 heavy (non-hydrogen) atoms. The number of alkyl halides is 3. The molecule has 0 aromatic heterocycles. The molecular weight excluding hydrogens is 451 g/mol. The number of carbonyl (C=O) groups excluding carboxylic acids is 4. The Hall–Kier alpha value is -3.95. The average molecular weight is 473 g/mol. The molecule has 0 bridgehead atoms. The van der Waals surface area contributed by atoms with Gasteiger partial charge in [0, 0.05) is 26.1 Å². The summed E-state index contributed by atoms with van der Waals surface area (Å²) in [6.07, 6.45) is -3.92. The van der Waals surface area contributed by atoms with Gasteiger partial charge in [-0.1, -0.05) is 48.5 Å². The van der Waals surface area contributed by atoms with Crippen LogP contribution in [0.25, 0.3) is 0 Å². The lowest BCUT2D eigenvalue weighted by Gasteiger charge is -2.27. The fraction of sp³-hybridized carbons (Fsp3) is 0.250. The largest absolute Gasteiger partial charge is 0.471 e. The second kappa shape index (κ2) is 10.3. The fourth-order valence-electron chi connectivity index (χ4n) is 3.67. The zero-order valence-electron chi connectivity index (χ0n) is 18.0. The third-order valence-corrected chi connectivity index (χ3v) is 5.27. The molecule has 0 radical (unpaired) electrons. The number of imide groups is 1. The van der Waals surface area contributed by atoms with Crippen molar-refractivity contribution in [1.29, 1.82) is 0 Å². The maximum Gasteiger partial charge on any atom is 0.471 e. The summed E-state index contributed by atoms with van der Waals surface area (Å²) in [7, 11) is 0. The van der Waals surface area contributed by atoms with Gasteiger partial charge in [-0.05, 0) is 17.7 Å². The summed E-state index contributed by atoms with van der Waals surface area (Å²) in [4.78, 5) is 51.9. The molecule has 0 saturated heterocycles. The van der Waals surface area contributed by atoms with E-state index in [-0.39, 0.29) is 30.6 Å². The average Bonchev–Trinajstić information content (AvgIpc) is 3.06. The molecule has 1 aliphatic rings. The molecule has 4 amide bonds. The van der Waals surface area contributed by atoms with E-state index in [0.717, 1.165) is 11.0 Å². The number of carbonyl (C=O) groups is 4. The number of halogens is 3. The first kappa shape index (κ1) is 24.7. The van der Waals surface area contributed by atoms with Gasteiger partial charge in [-0.2, -0.15) is 13.2 Å². The lowest BCUT2D eigenvalue weighted by Crippen LogP contribution is -2.52. The highest BCUT2D eigenvalue weighted by atomic mass is 19.4. The summed E-state index contributed by atoms with van der Waals surface area (Å²) in [5.41, 5.74) is 1.03.